The first-order valence-corrected chi connectivity index (χ1v) is 9.43. The van der Waals surface area contributed by atoms with Crippen molar-refractivity contribution in [3.8, 4) is 0 Å². The van der Waals surface area contributed by atoms with Crippen LogP contribution in [-0.2, 0) is 0 Å². The zero-order valence-electron chi connectivity index (χ0n) is 13.7. The van der Waals surface area contributed by atoms with Crippen molar-refractivity contribution in [1.82, 2.24) is 9.88 Å². The first kappa shape index (κ1) is 15.9. The first-order valence-electron chi connectivity index (χ1n) is 8.62. The summed E-state index contributed by atoms with van der Waals surface area (Å²) < 4.78 is 0. The minimum absolute atomic E-state index is 0.0341. The smallest absolute Gasteiger partial charge is 0.266 e. The number of piperidine rings is 1. The Bertz CT molecular complexity index is 534. The molecule has 2 aliphatic rings. The van der Waals surface area contributed by atoms with Gasteiger partial charge in [-0.1, -0.05) is 12.8 Å². The third-order valence-corrected chi connectivity index (χ3v) is 6.44. The van der Waals surface area contributed by atoms with E-state index in [0.29, 0.717) is 5.92 Å². The van der Waals surface area contributed by atoms with Crippen LogP contribution in [0.15, 0.2) is 0 Å². The van der Waals surface area contributed by atoms with Gasteiger partial charge in [-0.25, -0.2) is 4.98 Å². The van der Waals surface area contributed by atoms with Crippen LogP contribution in [0.25, 0.3) is 0 Å². The summed E-state index contributed by atoms with van der Waals surface area (Å²) in [6.45, 7) is 4.83. The van der Waals surface area contributed by atoms with E-state index in [1.165, 1.54) is 37.1 Å². The molecule has 1 saturated heterocycles. The molecule has 1 aromatic heterocycles. The highest BCUT2D eigenvalue weighted by molar-refractivity contribution is 7.13. The fourth-order valence-corrected chi connectivity index (χ4v) is 5.04. The molecular formula is C17H27N3OS. The van der Waals surface area contributed by atoms with Crippen LogP contribution in [0.2, 0.25) is 0 Å². The number of nitrogens with zero attached hydrogens (tertiary/aromatic N) is 2. The van der Waals surface area contributed by atoms with Gasteiger partial charge >= 0.3 is 0 Å². The molecule has 2 unspecified atom stereocenters. The Labute approximate surface area is 137 Å². The fraction of sp³-hybridized carbons (Fsp3) is 0.765. The number of carbonyl (C=O) groups excluding carboxylic acids is 1. The highest BCUT2D eigenvalue weighted by atomic mass is 32.1. The van der Waals surface area contributed by atoms with E-state index in [2.05, 4.69) is 0 Å². The highest BCUT2D eigenvalue weighted by Gasteiger charge is 2.32. The third kappa shape index (κ3) is 3.06. The molecule has 0 bridgehead atoms. The average molecular weight is 321 g/mol. The molecule has 1 aromatic rings. The lowest BCUT2D eigenvalue weighted by Crippen LogP contribution is -2.51. The Balaban J connectivity index is 1.81. The van der Waals surface area contributed by atoms with Gasteiger partial charge in [-0.15, -0.1) is 11.3 Å². The predicted molar refractivity (Wildman–Crippen MR) is 90.4 cm³/mol. The van der Waals surface area contributed by atoms with Crippen LogP contribution in [0.1, 0.15) is 78.2 Å². The minimum atomic E-state index is 0.0341. The van der Waals surface area contributed by atoms with Crippen LogP contribution in [0.5, 0.6) is 0 Å². The molecular weight excluding hydrogens is 294 g/mol. The van der Waals surface area contributed by atoms with Gasteiger partial charge in [0.15, 0.2) is 0 Å². The topological polar surface area (TPSA) is 59.2 Å². The lowest BCUT2D eigenvalue weighted by Gasteiger charge is -2.37. The van der Waals surface area contributed by atoms with Gasteiger partial charge in [0.1, 0.15) is 4.88 Å². The van der Waals surface area contributed by atoms with Crippen molar-refractivity contribution in [2.45, 2.75) is 76.8 Å². The van der Waals surface area contributed by atoms with E-state index in [-0.39, 0.29) is 18.0 Å². The Morgan fingerprint density at radius 2 is 1.95 bits per heavy atom. The standard InChI is InChI=1S/C17H27N3OS/c1-11(18)14-9-5-6-10-20(14)17(21)15-12(2)19-16(22-15)13-7-3-4-8-13/h11,13-14H,3-10,18H2,1-2H3. The maximum atomic E-state index is 13.0. The van der Waals surface area contributed by atoms with E-state index in [1.807, 2.05) is 18.7 Å². The van der Waals surface area contributed by atoms with Crippen LogP contribution in [0.3, 0.4) is 0 Å². The largest absolute Gasteiger partial charge is 0.333 e. The summed E-state index contributed by atoms with van der Waals surface area (Å²) in [5.41, 5.74) is 7.02. The summed E-state index contributed by atoms with van der Waals surface area (Å²) in [6.07, 6.45) is 8.33. The lowest BCUT2D eigenvalue weighted by molar-refractivity contribution is 0.0588. The van der Waals surface area contributed by atoms with Crippen molar-refractivity contribution in [1.29, 1.82) is 0 Å². The highest BCUT2D eigenvalue weighted by Crippen LogP contribution is 2.37. The molecule has 1 saturated carbocycles. The zero-order chi connectivity index (χ0) is 15.7. The van der Waals surface area contributed by atoms with E-state index in [9.17, 15) is 4.79 Å². The van der Waals surface area contributed by atoms with Crippen molar-refractivity contribution in [2.24, 2.45) is 5.73 Å². The fourth-order valence-electron chi connectivity index (χ4n) is 3.85. The van der Waals surface area contributed by atoms with Crippen LogP contribution in [0.4, 0.5) is 0 Å². The van der Waals surface area contributed by atoms with Gasteiger partial charge in [0.25, 0.3) is 5.91 Å². The molecule has 1 aliphatic carbocycles. The normalized spacial score (nSPS) is 24.7. The Morgan fingerprint density at radius 3 is 2.64 bits per heavy atom. The van der Waals surface area contributed by atoms with Gasteiger partial charge in [-0.2, -0.15) is 0 Å². The second kappa shape index (κ2) is 6.67. The van der Waals surface area contributed by atoms with Gasteiger partial charge in [0.05, 0.1) is 10.7 Å². The predicted octanol–water partition coefficient (Wildman–Crippen LogP) is 3.45. The van der Waals surface area contributed by atoms with E-state index >= 15 is 0 Å². The number of carbonyl (C=O) groups is 1. The summed E-state index contributed by atoms with van der Waals surface area (Å²) in [4.78, 5) is 20.6. The van der Waals surface area contributed by atoms with E-state index in [0.717, 1.165) is 30.0 Å². The van der Waals surface area contributed by atoms with E-state index in [4.69, 9.17) is 10.7 Å². The summed E-state index contributed by atoms with van der Waals surface area (Å²) in [5.74, 6) is 0.733. The van der Waals surface area contributed by atoms with Crippen LogP contribution < -0.4 is 5.73 Å². The molecule has 0 radical (unpaired) electrons. The SMILES string of the molecule is Cc1nc(C2CCCC2)sc1C(=O)N1CCCCC1C(C)N. The number of aromatic nitrogens is 1. The maximum absolute atomic E-state index is 13.0. The molecule has 5 heteroatoms. The van der Waals surface area contributed by atoms with Crippen molar-refractivity contribution in [3.63, 3.8) is 0 Å². The number of nitrogens with two attached hydrogens (primary N) is 1. The number of hydrogen-bond acceptors (Lipinski definition) is 4. The van der Waals surface area contributed by atoms with E-state index < -0.39 is 0 Å². The number of hydrogen-bond donors (Lipinski definition) is 1. The van der Waals surface area contributed by atoms with Crippen molar-refractivity contribution in [3.05, 3.63) is 15.6 Å². The van der Waals surface area contributed by atoms with Crippen LogP contribution in [-0.4, -0.2) is 34.4 Å². The van der Waals surface area contributed by atoms with Crippen molar-refractivity contribution in [2.75, 3.05) is 6.54 Å². The Kier molecular flexibility index (Phi) is 4.83. The molecule has 2 atom stereocenters. The molecule has 2 N–H and O–H groups in total. The number of aryl methyl sites for hydroxylation is 1. The number of likely N-dealkylation sites (tertiary alicyclic amines) is 1. The Morgan fingerprint density at radius 1 is 1.27 bits per heavy atom. The zero-order valence-corrected chi connectivity index (χ0v) is 14.5. The molecule has 1 aliphatic heterocycles. The summed E-state index contributed by atoms with van der Waals surface area (Å²) in [6, 6.07) is 0.212. The molecule has 2 fully saturated rings. The molecule has 3 rings (SSSR count). The number of rotatable bonds is 3. The maximum Gasteiger partial charge on any atom is 0.266 e. The first-order chi connectivity index (χ1) is 10.6. The minimum Gasteiger partial charge on any atom is -0.333 e. The van der Waals surface area contributed by atoms with Gasteiger partial charge < -0.3 is 10.6 Å². The third-order valence-electron chi connectivity index (χ3n) is 5.13. The molecule has 122 valence electrons. The number of amides is 1. The lowest BCUT2D eigenvalue weighted by atomic mass is 9.96. The summed E-state index contributed by atoms with van der Waals surface area (Å²) in [5, 5.41) is 1.17. The second-order valence-electron chi connectivity index (χ2n) is 6.87. The van der Waals surface area contributed by atoms with Gasteiger partial charge in [0, 0.05) is 24.5 Å². The van der Waals surface area contributed by atoms with Crippen LogP contribution in [0, 0.1) is 6.92 Å². The van der Waals surface area contributed by atoms with Gasteiger partial charge in [-0.05, 0) is 46.0 Å². The van der Waals surface area contributed by atoms with Gasteiger partial charge in [0.2, 0.25) is 0 Å². The quantitative estimate of drug-likeness (QED) is 0.927. The second-order valence-corrected chi connectivity index (χ2v) is 7.90. The Hall–Kier alpha value is -0.940. The summed E-state index contributed by atoms with van der Waals surface area (Å²) >= 11 is 1.63. The molecule has 1 amide bonds. The molecule has 2 heterocycles. The number of thiazole rings is 1. The van der Waals surface area contributed by atoms with Crippen molar-refractivity contribution < 1.29 is 4.79 Å². The molecule has 4 nitrogen and oxygen atoms in total. The monoisotopic (exact) mass is 321 g/mol. The van der Waals surface area contributed by atoms with Crippen molar-refractivity contribution >= 4 is 17.2 Å². The average Bonchev–Trinajstić information content (AvgIpc) is 3.15. The van der Waals surface area contributed by atoms with Crippen LogP contribution >= 0.6 is 11.3 Å². The van der Waals surface area contributed by atoms with E-state index in [1.54, 1.807) is 11.3 Å². The summed E-state index contributed by atoms with van der Waals surface area (Å²) in [7, 11) is 0. The van der Waals surface area contributed by atoms with Gasteiger partial charge in [-0.3, -0.25) is 4.79 Å². The molecule has 0 aromatic carbocycles. The molecule has 22 heavy (non-hydrogen) atoms. The molecule has 0 spiro atoms.